The number of anilines is 2. The second-order valence-electron chi connectivity index (χ2n) is 11.1. The summed E-state index contributed by atoms with van der Waals surface area (Å²) in [5, 5.41) is 14.9. The third-order valence-electron chi connectivity index (χ3n) is 7.60. The summed E-state index contributed by atoms with van der Waals surface area (Å²) in [4.78, 5) is 27.5. The van der Waals surface area contributed by atoms with Gasteiger partial charge in [0, 0.05) is 36.4 Å². The van der Waals surface area contributed by atoms with Gasteiger partial charge in [0.2, 0.25) is 15.9 Å². The Morgan fingerprint density at radius 2 is 1.67 bits per heavy atom. The molecule has 3 amide bonds. The first kappa shape index (κ1) is 34.7. The molecule has 0 fully saturated rings. The minimum atomic E-state index is -4.52. The predicted molar refractivity (Wildman–Crippen MR) is 162 cm³/mol. The molecule has 3 atom stereocenters. The molecule has 3 N–H and O–H groups in total. The van der Waals surface area contributed by atoms with E-state index in [0.29, 0.717) is 5.56 Å². The zero-order valence-corrected chi connectivity index (χ0v) is 26.0. The fourth-order valence-electron chi connectivity index (χ4n) is 4.90. The summed E-state index contributed by atoms with van der Waals surface area (Å²) in [6.07, 6.45) is -5.47. The number of sulfonamides is 1. The highest BCUT2D eigenvalue weighted by atomic mass is 32.2. The molecule has 0 aliphatic carbocycles. The lowest BCUT2D eigenvalue weighted by Gasteiger charge is -2.33. The maximum atomic E-state index is 13.4. The molecule has 1 heterocycles. The van der Waals surface area contributed by atoms with Crippen molar-refractivity contribution >= 4 is 33.3 Å². The zero-order chi connectivity index (χ0) is 33.8. The van der Waals surface area contributed by atoms with Crippen LogP contribution < -0.4 is 15.4 Å². The van der Waals surface area contributed by atoms with E-state index in [9.17, 15) is 40.7 Å². The highest BCUT2D eigenvalue weighted by Gasteiger charge is 2.34. The summed E-state index contributed by atoms with van der Waals surface area (Å²) in [7, 11) is -2.67. The molecule has 248 valence electrons. The lowest BCUT2D eigenvalue weighted by Crippen LogP contribution is -2.48. The zero-order valence-electron chi connectivity index (χ0n) is 25.2. The molecule has 0 unspecified atom stereocenters. The molecule has 0 spiro atoms. The molecule has 4 rings (SSSR count). The van der Waals surface area contributed by atoms with Crippen LogP contribution in [0.1, 0.15) is 25.0 Å². The fourth-order valence-corrected chi connectivity index (χ4v) is 6.08. The number of fused-ring (bicyclic) bond motifs is 1. The van der Waals surface area contributed by atoms with Crippen molar-refractivity contribution in [3.63, 3.8) is 0 Å². The second kappa shape index (κ2) is 14.1. The average molecular weight is 667 g/mol. The number of rotatable bonds is 8. The Hall–Kier alpha value is -4.21. The standard InChI is InChI=1S/C31H34F4N4O6S/c1-19-16-39(20(2)18-40)29(41)15-21-14-25(37-30(42)36-24-8-4-22(5-9-24)31(33,34)35)10-13-27(21)45-28(19)17-38(3)46(43,44)26-11-6-23(32)7-12-26/h4-14,19-20,28,40H,15-18H2,1-3H3,(H2,36,37,42)/t19-,20+,28+/m1/s1. The van der Waals surface area contributed by atoms with Gasteiger partial charge in [-0.2, -0.15) is 17.5 Å². The number of hydrogen-bond acceptors (Lipinski definition) is 6. The lowest BCUT2D eigenvalue weighted by atomic mass is 10.0. The van der Waals surface area contributed by atoms with Crippen molar-refractivity contribution in [2.75, 3.05) is 37.4 Å². The van der Waals surface area contributed by atoms with Crippen LogP contribution in [0.4, 0.5) is 33.7 Å². The smallest absolute Gasteiger partial charge is 0.416 e. The van der Waals surface area contributed by atoms with Gasteiger partial charge in [-0.05, 0) is 73.7 Å². The van der Waals surface area contributed by atoms with Gasteiger partial charge >= 0.3 is 12.2 Å². The van der Waals surface area contributed by atoms with E-state index in [-0.39, 0.29) is 54.0 Å². The Labute approximate surface area is 264 Å². The number of urea groups is 1. The van der Waals surface area contributed by atoms with Crippen LogP contribution in [-0.4, -0.2) is 73.6 Å². The maximum Gasteiger partial charge on any atom is 0.416 e. The molecule has 3 aromatic carbocycles. The van der Waals surface area contributed by atoms with E-state index < -0.39 is 51.7 Å². The third kappa shape index (κ3) is 8.33. The molecule has 0 aromatic heterocycles. The summed E-state index contributed by atoms with van der Waals surface area (Å²) < 4.78 is 85.9. The molecule has 15 heteroatoms. The first-order valence-corrected chi connectivity index (χ1v) is 15.7. The molecule has 0 saturated carbocycles. The molecule has 46 heavy (non-hydrogen) atoms. The van der Waals surface area contributed by atoms with E-state index in [2.05, 4.69) is 10.6 Å². The number of carbonyl (C=O) groups excluding carboxylic acids is 2. The summed E-state index contributed by atoms with van der Waals surface area (Å²) >= 11 is 0. The van der Waals surface area contributed by atoms with E-state index in [1.807, 2.05) is 0 Å². The number of benzene rings is 3. The minimum absolute atomic E-state index is 0.108. The van der Waals surface area contributed by atoms with Crippen LogP contribution >= 0.6 is 0 Å². The number of hydrogen-bond donors (Lipinski definition) is 3. The molecule has 3 aromatic rings. The minimum Gasteiger partial charge on any atom is -0.488 e. The number of nitrogens with one attached hydrogen (secondary N) is 2. The van der Waals surface area contributed by atoms with Crippen LogP contribution in [0.3, 0.4) is 0 Å². The Bertz CT molecular complexity index is 1650. The molecule has 0 bridgehead atoms. The summed E-state index contributed by atoms with van der Waals surface area (Å²) in [5.41, 5.74) is -0.120. The van der Waals surface area contributed by atoms with Crippen LogP contribution in [0.2, 0.25) is 0 Å². The average Bonchev–Trinajstić information content (AvgIpc) is 3.04. The van der Waals surface area contributed by atoms with Crippen LogP contribution in [0.25, 0.3) is 0 Å². The van der Waals surface area contributed by atoms with Crippen molar-refractivity contribution in [3.05, 3.63) is 83.7 Å². The molecule has 10 nitrogen and oxygen atoms in total. The largest absolute Gasteiger partial charge is 0.488 e. The summed E-state index contributed by atoms with van der Waals surface area (Å²) in [6.45, 7) is 3.16. The van der Waals surface area contributed by atoms with Gasteiger partial charge < -0.3 is 25.4 Å². The number of carbonyl (C=O) groups is 2. The van der Waals surface area contributed by atoms with E-state index in [1.54, 1.807) is 13.8 Å². The quantitative estimate of drug-likeness (QED) is 0.292. The van der Waals surface area contributed by atoms with Gasteiger partial charge in [0.15, 0.2) is 0 Å². The van der Waals surface area contributed by atoms with Crippen LogP contribution in [0.15, 0.2) is 71.6 Å². The van der Waals surface area contributed by atoms with E-state index in [1.165, 1.54) is 30.1 Å². The van der Waals surface area contributed by atoms with Crippen molar-refractivity contribution < 1.29 is 45.4 Å². The number of amides is 3. The highest BCUT2D eigenvalue weighted by molar-refractivity contribution is 7.89. The number of aliphatic hydroxyl groups excluding tert-OH is 1. The number of alkyl halides is 3. The Balaban J connectivity index is 1.58. The van der Waals surface area contributed by atoms with Gasteiger partial charge in [-0.1, -0.05) is 6.92 Å². The van der Waals surface area contributed by atoms with Gasteiger partial charge in [0.25, 0.3) is 0 Å². The molecule has 1 aliphatic heterocycles. The molecule has 0 saturated heterocycles. The number of nitrogens with zero attached hydrogens (tertiary/aromatic N) is 2. The topological polar surface area (TPSA) is 128 Å². The summed E-state index contributed by atoms with van der Waals surface area (Å²) in [6, 6.07) is 11.6. The van der Waals surface area contributed by atoms with Crippen molar-refractivity contribution in [2.45, 2.75) is 43.5 Å². The van der Waals surface area contributed by atoms with E-state index >= 15 is 0 Å². The normalized spacial score (nSPS) is 18.1. The maximum absolute atomic E-state index is 13.4. The number of aliphatic hydroxyl groups is 1. The molecular weight excluding hydrogens is 632 g/mol. The monoisotopic (exact) mass is 666 g/mol. The third-order valence-corrected chi connectivity index (χ3v) is 9.44. The van der Waals surface area contributed by atoms with Gasteiger partial charge in [0.05, 0.1) is 36.1 Å². The van der Waals surface area contributed by atoms with E-state index in [4.69, 9.17) is 4.74 Å². The fraction of sp³-hybridized carbons (Fsp3) is 0.355. The van der Waals surface area contributed by atoms with Crippen molar-refractivity contribution in [1.29, 1.82) is 0 Å². The predicted octanol–water partition coefficient (Wildman–Crippen LogP) is 4.96. The van der Waals surface area contributed by atoms with Crippen molar-refractivity contribution in [2.24, 2.45) is 5.92 Å². The molecule has 0 radical (unpaired) electrons. The molecular formula is C31H34F4N4O6S. The van der Waals surface area contributed by atoms with Gasteiger partial charge in [-0.3, -0.25) is 4.79 Å². The Morgan fingerprint density at radius 1 is 1.07 bits per heavy atom. The van der Waals surface area contributed by atoms with Crippen molar-refractivity contribution in [1.82, 2.24) is 9.21 Å². The van der Waals surface area contributed by atoms with Crippen molar-refractivity contribution in [3.8, 4) is 5.75 Å². The number of ether oxygens (including phenoxy) is 1. The Morgan fingerprint density at radius 3 is 2.28 bits per heavy atom. The van der Waals surface area contributed by atoms with Gasteiger partial charge in [0.1, 0.15) is 17.7 Å². The summed E-state index contributed by atoms with van der Waals surface area (Å²) in [5.74, 6) is -1.07. The van der Waals surface area contributed by atoms with Gasteiger partial charge in [-0.15, -0.1) is 0 Å². The number of likely N-dealkylation sites (N-methyl/N-ethyl adjacent to an activating group) is 1. The first-order valence-electron chi connectivity index (χ1n) is 14.3. The highest BCUT2D eigenvalue weighted by Crippen LogP contribution is 2.31. The number of halogens is 4. The lowest BCUT2D eigenvalue weighted by molar-refractivity contribution is -0.137. The van der Waals surface area contributed by atoms with Gasteiger partial charge in [-0.25, -0.2) is 17.6 Å². The second-order valence-corrected chi connectivity index (χ2v) is 13.1. The van der Waals surface area contributed by atoms with Crippen LogP contribution in [-0.2, 0) is 27.4 Å². The first-order chi connectivity index (χ1) is 21.6. The van der Waals surface area contributed by atoms with Crippen LogP contribution in [0.5, 0.6) is 5.75 Å². The van der Waals surface area contributed by atoms with Crippen LogP contribution in [0, 0.1) is 11.7 Å². The Kier molecular flexibility index (Phi) is 10.6. The molecule has 1 aliphatic rings. The SMILES string of the molecule is C[C@@H]1CN([C@@H](C)CO)C(=O)Cc2cc(NC(=O)Nc3ccc(C(F)(F)F)cc3)ccc2O[C@H]1CN(C)S(=O)(=O)c1ccc(F)cc1. The van der Waals surface area contributed by atoms with E-state index in [0.717, 1.165) is 52.8 Å².